The van der Waals surface area contributed by atoms with Gasteiger partial charge in [0.05, 0.1) is 12.6 Å². The van der Waals surface area contributed by atoms with Crippen LogP contribution in [0, 0.1) is 0 Å². The molecule has 0 aliphatic carbocycles. The SMILES string of the molecule is COc1ccc2nc(CCCl)ncc2c1. The summed E-state index contributed by atoms with van der Waals surface area (Å²) in [4.78, 5) is 8.61. The molecule has 0 radical (unpaired) electrons. The van der Waals surface area contributed by atoms with Gasteiger partial charge < -0.3 is 4.74 Å². The molecule has 0 saturated heterocycles. The monoisotopic (exact) mass is 222 g/mol. The molecule has 2 aromatic rings. The van der Waals surface area contributed by atoms with Gasteiger partial charge in [-0.3, -0.25) is 0 Å². The Bertz CT molecular complexity index is 473. The number of aryl methyl sites for hydroxylation is 1. The Morgan fingerprint density at radius 1 is 1.40 bits per heavy atom. The van der Waals surface area contributed by atoms with Crippen LogP contribution in [0.5, 0.6) is 5.75 Å². The van der Waals surface area contributed by atoms with Gasteiger partial charge in [0, 0.05) is 23.9 Å². The predicted octanol–water partition coefficient (Wildman–Crippen LogP) is 2.42. The van der Waals surface area contributed by atoms with Crippen LogP contribution in [0.3, 0.4) is 0 Å². The summed E-state index contributed by atoms with van der Waals surface area (Å²) in [5.41, 5.74) is 0.922. The number of ether oxygens (including phenoxy) is 1. The van der Waals surface area contributed by atoms with Crippen molar-refractivity contribution >= 4 is 22.5 Å². The minimum absolute atomic E-state index is 0.543. The first kappa shape index (κ1) is 10.2. The number of hydrogen-bond acceptors (Lipinski definition) is 3. The third kappa shape index (κ3) is 2.18. The molecule has 0 saturated carbocycles. The van der Waals surface area contributed by atoms with Crippen LogP contribution in [-0.4, -0.2) is 23.0 Å². The molecule has 0 amide bonds. The van der Waals surface area contributed by atoms with Gasteiger partial charge in [0.15, 0.2) is 0 Å². The second-order valence-electron chi connectivity index (χ2n) is 3.15. The van der Waals surface area contributed by atoms with Crippen molar-refractivity contribution < 1.29 is 4.74 Å². The molecular formula is C11H11ClN2O. The molecule has 1 aromatic heterocycles. The molecule has 0 fully saturated rings. The fourth-order valence-corrected chi connectivity index (χ4v) is 1.55. The number of fused-ring (bicyclic) bond motifs is 1. The Labute approximate surface area is 93.1 Å². The molecule has 0 N–H and O–H groups in total. The lowest BCUT2D eigenvalue weighted by molar-refractivity contribution is 0.415. The maximum absolute atomic E-state index is 5.63. The van der Waals surface area contributed by atoms with Gasteiger partial charge >= 0.3 is 0 Å². The van der Waals surface area contributed by atoms with E-state index in [1.165, 1.54) is 0 Å². The highest BCUT2D eigenvalue weighted by atomic mass is 35.5. The van der Waals surface area contributed by atoms with E-state index in [9.17, 15) is 0 Å². The highest BCUT2D eigenvalue weighted by Crippen LogP contribution is 2.18. The van der Waals surface area contributed by atoms with Crippen molar-refractivity contribution in [1.29, 1.82) is 0 Å². The summed E-state index contributed by atoms with van der Waals surface area (Å²) in [5, 5.41) is 0.979. The summed E-state index contributed by atoms with van der Waals surface area (Å²) in [6.45, 7) is 0. The molecule has 1 aromatic carbocycles. The molecule has 0 spiro atoms. The van der Waals surface area contributed by atoms with Gasteiger partial charge in [0.25, 0.3) is 0 Å². The van der Waals surface area contributed by atoms with Crippen LogP contribution in [-0.2, 0) is 6.42 Å². The van der Waals surface area contributed by atoms with E-state index >= 15 is 0 Å². The lowest BCUT2D eigenvalue weighted by atomic mass is 10.2. The largest absolute Gasteiger partial charge is 0.497 e. The zero-order valence-electron chi connectivity index (χ0n) is 8.40. The van der Waals surface area contributed by atoms with Crippen LogP contribution in [0.2, 0.25) is 0 Å². The number of benzene rings is 1. The van der Waals surface area contributed by atoms with E-state index in [1.54, 1.807) is 13.3 Å². The summed E-state index contributed by atoms with van der Waals surface area (Å²) in [6.07, 6.45) is 2.50. The zero-order chi connectivity index (χ0) is 10.7. The first-order valence-corrected chi connectivity index (χ1v) is 5.22. The third-order valence-corrected chi connectivity index (χ3v) is 2.34. The number of methoxy groups -OCH3 is 1. The Kier molecular flexibility index (Phi) is 3.02. The molecule has 15 heavy (non-hydrogen) atoms. The number of aromatic nitrogens is 2. The second-order valence-corrected chi connectivity index (χ2v) is 3.53. The van der Waals surface area contributed by atoms with E-state index in [1.807, 2.05) is 18.2 Å². The fourth-order valence-electron chi connectivity index (χ4n) is 1.38. The third-order valence-electron chi connectivity index (χ3n) is 2.15. The van der Waals surface area contributed by atoms with E-state index in [-0.39, 0.29) is 0 Å². The first-order chi connectivity index (χ1) is 7.33. The van der Waals surface area contributed by atoms with Crippen LogP contribution < -0.4 is 4.74 Å². The Morgan fingerprint density at radius 2 is 2.27 bits per heavy atom. The summed E-state index contributed by atoms with van der Waals surface area (Å²) in [5.74, 6) is 2.14. The minimum Gasteiger partial charge on any atom is -0.497 e. The van der Waals surface area contributed by atoms with Gasteiger partial charge in [-0.15, -0.1) is 11.6 Å². The Balaban J connectivity index is 2.45. The first-order valence-electron chi connectivity index (χ1n) is 4.69. The van der Waals surface area contributed by atoms with Crippen molar-refractivity contribution in [3.8, 4) is 5.75 Å². The van der Waals surface area contributed by atoms with E-state index in [0.29, 0.717) is 12.3 Å². The van der Waals surface area contributed by atoms with E-state index in [4.69, 9.17) is 16.3 Å². The van der Waals surface area contributed by atoms with Crippen molar-refractivity contribution in [2.24, 2.45) is 0 Å². The lowest BCUT2D eigenvalue weighted by Crippen LogP contribution is -1.96. The highest BCUT2D eigenvalue weighted by Gasteiger charge is 2.00. The number of alkyl halides is 1. The Morgan fingerprint density at radius 3 is 3.00 bits per heavy atom. The van der Waals surface area contributed by atoms with Crippen LogP contribution in [0.15, 0.2) is 24.4 Å². The number of halogens is 1. The molecule has 0 bridgehead atoms. The maximum atomic E-state index is 5.63. The van der Waals surface area contributed by atoms with Crippen LogP contribution in [0.1, 0.15) is 5.82 Å². The van der Waals surface area contributed by atoms with Gasteiger partial charge in [-0.25, -0.2) is 9.97 Å². The van der Waals surface area contributed by atoms with Crippen LogP contribution in [0.25, 0.3) is 10.9 Å². The average Bonchev–Trinajstić information content (AvgIpc) is 2.29. The molecule has 1 heterocycles. The molecule has 4 heteroatoms. The average molecular weight is 223 g/mol. The summed E-state index contributed by atoms with van der Waals surface area (Å²) in [7, 11) is 1.64. The topological polar surface area (TPSA) is 35.0 Å². The minimum atomic E-state index is 0.543. The Hall–Kier alpha value is -1.35. The quantitative estimate of drug-likeness (QED) is 0.749. The van der Waals surface area contributed by atoms with E-state index < -0.39 is 0 Å². The molecular weight excluding hydrogens is 212 g/mol. The molecule has 78 valence electrons. The van der Waals surface area contributed by atoms with Crippen molar-refractivity contribution in [2.45, 2.75) is 6.42 Å². The zero-order valence-corrected chi connectivity index (χ0v) is 9.16. The van der Waals surface area contributed by atoms with E-state index in [0.717, 1.165) is 22.5 Å². The summed E-state index contributed by atoms with van der Waals surface area (Å²) >= 11 is 5.63. The molecule has 2 rings (SSSR count). The smallest absolute Gasteiger partial charge is 0.130 e. The fraction of sp³-hybridized carbons (Fsp3) is 0.273. The van der Waals surface area contributed by atoms with E-state index in [2.05, 4.69) is 9.97 Å². The normalized spacial score (nSPS) is 10.5. The van der Waals surface area contributed by atoms with Crippen LogP contribution >= 0.6 is 11.6 Å². The van der Waals surface area contributed by atoms with Crippen molar-refractivity contribution in [2.75, 3.05) is 13.0 Å². The number of hydrogen-bond donors (Lipinski definition) is 0. The van der Waals surface area contributed by atoms with Gasteiger partial charge in [0.2, 0.25) is 0 Å². The van der Waals surface area contributed by atoms with Gasteiger partial charge in [-0.1, -0.05) is 0 Å². The van der Waals surface area contributed by atoms with Crippen molar-refractivity contribution in [3.63, 3.8) is 0 Å². The molecule has 0 aliphatic rings. The molecule has 3 nitrogen and oxygen atoms in total. The lowest BCUT2D eigenvalue weighted by Gasteiger charge is -2.03. The summed E-state index contributed by atoms with van der Waals surface area (Å²) < 4.78 is 5.12. The molecule has 0 atom stereocenters. The van der Waals surface area contributed by atoms with Gasteiger partial charge in [-0.2, -0.15) is 0 Å². The van der Waals surface area contributed by atoms with Gasteiger partial charge in [0.1, 0.15) is 11.6 Å². The van der Waals surface area contributed by atoms with Crippen molar-refractivity contribution in [1.82, 2.24) is 9.97 Å². The number of nitrogens with zero attached hydrogens (tertiary/aromatic N) is 2. The predicted molar refractivity (Wildman–Crippen MR) is 60.5 cm³/mol. The standard InChI is InChI=1S/C11H11ClN2O/c1-15-9-2-3-10-8(6-9)7-13-11(14-10)4-5-12/h2-3,6-7H,4-5H2,1H3. The second kappa shape index (κ2) is 4.45. The molecule has 0 unspecified atom stereocenters. The highest BCUT2D eigenvalue weighted by molar-refractivity contribution is 6.17. The molecule has 0 aliphatic heterocycles. The van der Waals surface area contributed by atoms with Gasteiger partial charge in [-0.05, 0) is 18.2 Å². The maximum Gasteiger partial charge on any atom is 0.130 e. The number of rotatable bonds is 3. The van der Waals surface area contributed by atoms with Crippen LogP contribution in [0.4, 0.5) is 0 Å². The summed E-state index contributed by atoms with van der Waals surface area (Å²) in [6, 6.07) is 5.73. The van der Waals surface area contributed by atoms with Crippen molar-refractivity contribution in [3.05, 3.63) is 30.2 Å².